The average Bonchev–Trinajstić information content (AvgIpc) is 3.79. The number of rotatable bonds is 12. The summed E-state index contributed by atoms with van der Waals surface area (Å²) in [5, 5.41) is 14.6. The van der Waals surface area contributed by atoms with E-state index in [1.54, 1.807) is 25.1 Å². The molecule has 1 aromatic heterocycles. The van der Waals surface area contributed by atoms with Gasteiger partial charge in [0.25, 0.3) is 0 Å². The molecule has 0 unspecified atom stereocenters. The quantitative estimate of drug-likeness (QED) is 0.160. The van der Waals surface area contributed by atoms with Gasteiger partial charge in [-0.3, -0.25) is 19.4 Å². The molecule has 1 saturated carbocycles. The van der Waals surface area contributed by atoms with Crippen molar-refractivity contribution in [3.05, 3.63) is 78.5 Å². The molecule has 1 fully saturated rings. The van der Waals surface area contributed by atoms with Crippen LogP contribution in [0.5, 0.6) is 23.0 Å². The molecule has 2 amide bonds. The number of benzene rings is 3. The summed E-state index contributed by atoms with van der Waals surface area (Å²) in [6.07, 6.45) is 1.92. The van der Waals surface area contributed by atoms with Gasteiger partial charge in [0.05, 0.1) is 25.2 Å². The summed E-state index contributed by atoms with van der Waals surface area (Å²) < 4.78 is 45.4. The van der Waals surface area contributed by atoms with Crippen molar-refractivity contribution in [1.82, 2.24) is 4.98 Å². The molecule has 0 bridgehead atoms. The fourth-order valence-electron chi connectivity index (χ4n) is 4.34. The maximum absolute atomic E-state index is 15.2. The standard InChI is InChI=1S/C31H27F2N3O7.K.H/c1-2-41-26-16-21-23(17-27(26)42-14-10-28(37)38)34-13-9-24(21)43-25-8-7-20(15-22(25)33)36-30(40)31(11-12-31)29(39)35-19-5-3-18(32)4-6-19;;/h3-9,13,15-17H,2,10-12,14H2,1H3,(H,35,39)(H,36,40)(H,37,38);;/q;+1;-1. The Balaban J connectivity index is 0.00000276. The van der Waals surface area contributed by atoms with Crippen LogP contribution in [0.15, 0.2) is 66.9 Å². The number of ether oxygens (including phenoxy) is 3. The summed E-state index contributed by atoms with van der Waals surface area (Å²) in [5.41, 5.74) is -0.358. The van der Waals surface area contributed by atoms with Crippen LogP contribution >= 0.6 is 0 Å². The first-order chi connectivity index (χ1) is 20.7. The van der Waals surface area contributed by atoms with Crippen LogP contribution in [-0.4, -0.2) is 41.1 Å². The van der Waals surface area contributed by atoms with E-state index in [1.807, 2.05) is 0 Å². The minimum Gasteiger partial charge on any atom is -1.00 e. The third-order valence-corrected chi connectivity index (χ3v) is 6.77. The SMILES string of the molecule is CCOc1cc2c(Oc3ccc(NC(=O)C4(C(=O)Nc5ccc(F)cc5)CC4)cc3F)ccnc2cc1OCCC(=O)O.[H-].[K+]. The molecule has 10 nitrogen and oxygen atoms in total. The Morgan fingerprint density at radius 2 is 1.55 bits per heavy atom. The van der Waals surface area contributed by atoms with Crippen molar-refractivity contribution in [3.8, 4) is 23.0 Å². The van der Waals surface area contributed by atoms with Crippen LogP contribution < -0.4 is 76.2 Å². The zero-order valence-electron chi connectivity index (χ0n) is 25.0. The number of hydrogen-bond donors (Lipinski definition) is 3. The number of carboxylic acids is 1. The normalized spacial score (nSPS) is 12.9. The molecule has 224 valence electrons. The zero-order chi connectivity index (χ0) is 30.6. The summed E-state index contributed by atoms with van der Waals surface area (Å²) in [5.74, 6) is -2.52. The number of hydrogen-bond acceptors (Lipinski definition) is 7. The number of halogens is 2. The summed E-state index contributed by atoms with van der Waals surface area (Å²) in [6.45, 7) is 2.03. The van der Waals surface area contributed by atoms with Gasteiger partial charge in [-0.05, 0) is 68.3 Å². The minimum absolute atomic E-state index is 0. The maximum atomic E-state index is 15.2. The second-order valence-corrected chi connectivity index (χ2v) is 9.79. The predicted molar refractivity (Wildman–Crippen MR) is 154 cm³/mol. The topological polar surface area (TPSA) is 136 Å². The Morgan fingerprint density at radius 1 is 0.886 bits per heavy atom. The summed E-state index contributed by atoms with van der Waals surface area (Å²) in [7, 11) is 0. The van der Waals surface area contributed by atoms with Gasteiger partial charge in [0, 0.05) is 35.1 Å². The number of nitrogens with one attached hydrogen (secondary N) is 2. The molecule has 0 radical (unpaired) electrons. The van der Waals surface area contributed by atoms with Gasteiger partial charge < -0.3 is 31.4 Å². The van der Waals surface area contributed by atoms with Gasteiger partial charge in [-0.15, -0.1) is 0 Å². The van der Waals surface area contributed by atoms with Crippen LogP contribution in [-0.2, 0) is 14.4 Å². The molecule has 1 aliphatic carbocycles. The van der Waals surface area contributed by atoms with Crippen molar-refractivity contribution in [1.29, 1.82) is 0 Å². The van der Waals surface area contributed by atoms with E-state index in [-0.39, 0.29) is 83.0 Å². The van der Waals surface area contributed by atoms with Gasteiger partial charge in [0.2, 0.25) is 11.8 Å². The van der Waals surface area contributed by atoms with E-state index in [0.717, 1.165) is 6.07 Å². The first kappa shape index (κ1) is 33.3. The fraction of sp³-hybridized carbons (Fsp3) is 0.226. The molecule has 0 saturated heterocycles. The first-order valence-corrected chi connectivity index (χ1v) is 13.4. The van der Waals surface area contributed by atoms with Crippen molar-refractivity contribution in [2.24, 2.45) is 5.41 Å². The second-order valence-electron chi connectivity index (χ2n) is 9.79. The van der Waals surface area contributed by atoms with E-state index in [9.17, 15) is 18.8 Å². The number of carbonyl (C=O) groups is 3. The van der Waals surface area contributed by atoms with E-state index in [2.05, 4.69) is 15.6 Å². The summed E-state index contributed by atoms with van der Waals surface area (Å²) >= 11 is 0. The van der Waals surface area contributed by atoms with Crippen molar-refractivity contribution in [3.63, 3.8) is 0 Å². The maximum Gasteiger partial charge on any atom is 1.00 e. The number of pyridine rings is 1. The molecule has 0 aliphatic heterocycles. The van der Waals surface area contributed by atoms with Gasteiger partial charge >= 0.3 is 57.4 Å². The van der Waals surface area contributed by atoms with Crippen molar-refractivity contribution in [2.75, 3.05) is 23.8 Å². The minimum atomic E-state index is -1.30. The molecular formula is C31H28F2KN3O7. The smallest absolute Gasteiger partial charge is 1.00 e. The first-order valence-electron chi connectivity index (χ1n) is 13.4. The molecule has 1 aliphatic rings. The Kier molecular flexibility index (Phi) is 10.9. The van der Waals surface area contributed by atoms with Crippen LogP contribution in [0.1, 0.15) is 27.6 Å². The van der Waals surface area contributed by atoms with E-state index in [0.29, 0.717) is 47.5 Å². The van der Waals surface area contributed by atoms with Crippen LogP contribution in [0, 0.1) is 17.0 Å². The molecule has 13 heteroatoms. The predicted octanol–water partition coefficient (Wildman–Crippen LogP) is 3.03. The zero-order valence-corrected chi connectivity index (χ0v) is 27.1. The van der Waals surface area contributed by atoms with Gasteiger partial charge in [0.1, 0.15) is 17.0 Å². The molecule has 5 rings (SSSR count). The van der Waals surface area contributed by atoms with Crippen LogP contribution in [0.25, 0.3) is 10.9 Å². The Bertz CT molecular complexity index is 1710. The molecular weight excluding hydrogens is 603 g/mol. The Labute approximate surface area is 295 Å². The molecule has 44 heavy (non-hydrogen) atoms. The Morgan fingerprint density at radius 3 is 2.18 bits per heavy atom. The van der Waals surface area contributed by atoms with Crippen molar-refractivity contribution < 1.29 is 95.3 Å². The number of aliphatic carboxylic acids is 1. The molecule has 0 spiro atoms. The van der Waals surface area contributed by atoms with E-state index < -0.39 is 34.8 Å². The number of nitrogens with zero attached hydrogens (tertiary/aromatic N) is 1. The molecule has 1 heterocycles. The summed E-state index contributed by atoms with van der Waals surface area (Å²) in [4.78, 5) is 41.0. The van der Waals surface area contributed by atoms with Gasteiger partial charge in [-0.1, -0.05) is 0 Å². The van der Waals surface area contributed by atoms with E-state index in [4.69, 9.17) is 19.3 Å². The van der Waals surface area contributed by atoms with Crippen LogP contribution in [0.4, 0.5) is 20.2 Å². The largest absolute Gasteiger partial charge is 1.00 e. The van der Waals surface area contributed by atoms with E-state index in [1.165, 1.54) is 42.6 Å². The van der Waals surface area contributed by atoms with Crippen LogP contribution in [0.2, 0.25) is 0 Å². The number of carboxylic acid groups (broad SMARTS) is 1. The Hall–Kier alpha value is -3.62. The van der Waals surface area contributed by atoms with E-state index >= 15 is 4.39 Å². The third kappa shape index (κ3) is 7.71. The molecule has 0 atom stereocenters. The average molecular weight is 632 g/mol. The monoisotopic (exact) mass is 631 g/mol. The van der Waals surface area contributed by atoms with Crippen molar-refractivity contribution in [2.45, 2.75) is 26.2 Å². The van der Waals surface area contributed by atoms with Gasteiger partial charge in [-0.2, -0.15) is 0 Å². The third-order valence-electron chi connectivity index (χ3n) is 6.77. The fourth-order valence-corrected chi connectivity index (χ4v) is 4.34. The van der Waals surface area contributed by atoms with Crippen LogP contribution in [0.3, 0.4) is 0 Å². The summed E-state index contributed by atoms with van der Waals surface area (Å²) in [6, 6.07) is 13.8. The van der Waals surface area contributed by atoms with Crippen molar-refractivity contribution >= 4 is 40.1 Å². The molecule has 4 aromatic rings. The number of aromatic nitrogens is 1. The van der Waals surface area contributed by atoms with Gasteiger partial charge in [0.15, 0.2) is 23.1 Å². The number of carbonyl (C=O) groups excluding carboxylic acids is 2. The molecule has 3 N–H and O–H groups in total. The number of fused-ring (bicyclic) bond motifs is 1. The number of anilines is 2. The second kappa shape index (κ2) is 14.4. The van der Waals surface area contributed by atoms with Gasteiger partial charge in [-0.25, -0.2) is 8.78 Å². The molecule has 3 aromatic carbocycles. The number of amides is 2.